The predicted octanol–water partition coefficient (Wildman–Crippen LogP) is 0.500. The molecule has 1 amide bonds. The number of hydrogen-bond donors (Lipinski definition) is 4. The van der Waals surface area contributed by atoms with Gasteiger partial charge in [-0.2, -0.15) is 0 Å². The van der Waals surface area contributed by atoms with Gasteiger partial charge in [-0.1, -0.05) is 0 Å². The van der Waals surface area contributed by atoms with E-state index in [1.54, 1.807) is 36.7 Å². The molecule has 4 N–H and O–H groups in total. The summed E-state index contributed by atoms with van der Waals surface area (Å²) in [6, 6.07) is 6.66. The molecule has 1 fully saturated rings. The van der Waals surface area contributed by atoms with E-state index in [0.717, 1.165) is 26.2 Å². The fraction of sp³-hybridized carbons (Fsp3) is 0.500. The molecular formula is C18H27N5O4. The van der Waals surface area contributed by atoms with Gasteiger partial charge in [0.15, 0.2) is 0 Å². The Kier molecular flexibility index (Phi) is 8.18. The molecule has 0 radical (unpaired) electrons. The molecule has 2 rings (SSSR count). The first kappa shape index (κ1) is 20.8. The molecule has 0 saturated carbocycles. The fourth-order valence-corrected chi connectivity index (χ4v) is 2.83. The van der Waals surface area contributed by atoms with E-state index in [4.69, 9.17) is 15.4 Å². The number of nitrogens with one attached hydrogen (secondary N) is 3. The van der Waals surface area contributed by atoms with Crippen LogP contribution in [0.3, 0.4) is 0 Å². The van der Waals surface area contributed by atoms with Crippen LogP contribution < -0.4 is 10.8 Å². The van der Waals surface area contributed by atoms with Crippen LogP contribution in [0.5, 0.6) is 0 Å². The summed E-state index contributed by atoms with van der Waals surface area (Å²) in [5.41, 5.74) is 2.95. The van der Waals surface area contributed by atoms with E-state index in [9.17, 15) is 9.59 Å². The van der Waals surface area contributed by atoms with Gasteiger partial charge in [-0.05, 0) is 31.2 Å². The molecule has 9 heteroatoms. The number of nitrogens with zero attached hydrogens (tertiary/aromatic N) is 2. The van der Waals surface area contributed by atoms with Crippen LogP contribution in [-0.2, 0) is 14.3 Å². The van der Waals surface area contributed by atoms with Crippen molar-refractivity contribution in [3.63, 3.8) is 0 Å². The maximum Gasteiger partial charge on any atom is 0.320 e. The van der Waals surface area contributed by atoms with Crippen molar-refractivity contribution in [2.45, 2.75) is 13.3 Å². The van der Waals surface area contributed by atoms with Gasteiger partial charge < -0.3 is 15.0 Å². The highest BCUT2D eigenvalue weighted by molar-refractivity contribution is 5.96. The highest BCUT2D eigenvalue weighted by Gasteiger charge is 2.19. The number of hydrogen-bond acceptors (Lipinski definition) is 7. The second-order valence-corrected chi connectivity index (χ2v) is 6.29. The van der Waals surface area contributed by atoms with Gasteiger partial charge in [-0.3, -0.25) is 30.6 Å². The lowest BCUT2D eigenvalue weighted by Gasteiger charge is -2.33. The number of amidine groups is 1. The Balaban J connectivity index is 1.67. The Bertz CT molecular complexity index is 642. The molecule has 1 saturated heterocycles. The van der Waals surface area contributed by atoms with Crippen molar-refractivity contribution >= 4 is 23.4 Å². The smallest absolute Gasteiger partial charge is 0.320 e. The summed E-state index contributed by atoms with van der Waals surface area (Å²) in [6.07, 6.45) is 0.383. The molecule has 1 aliphatic rings. The van der Waals surface area contributed by atoms with Gasteiger partial charge in [-0.15, -0.1) is 0 Å². The van der Waals surface area contributed by atoms with Gasteiger partial charge in [0.25, 0.3) is 0 Å². The lowest BCUT2D eigenvalue weighted by molar-refractivity contribution is -0.144. The zero-order chi connectivity index (χ0) is 19.6. The lowest BCUT2D eigenvalue weighted by Crippen LogP contribution is -2.48. The highest BCUT2D eigenvalue weighted by Crippen LogP contribution is 2.10. The van der Waals surface area contributed by atoms with Crippen molar-refractivity contribution < 1.29 is 19.5 Å². The largest absolute Gasteiger partial charge is 0.465 e. The van der Waals surface area contributed by atoms with Gasteiger partial charge in [0.05, 0.1) is 13.2 Å². The van der Waals surface area contributed by atoms with Crippen molar-refractivity contribution in [1.29, 1.82) is 5.41 Å². The number of rotatable bonds is 8. The number of hydroxylamine groups is 1. The minimum absolute atomic E-state index is 0.0768. The van der Waals surface area contributed by atoms with Crippen LogP contribution in [0.4, 0.5) is 5.69 Å². The summed E-state index contributed by atoms with van der Waals surface area (Å²) in [6.45, 7) is 6.39. The number of anilines is 1. The molecule has 9 nitrogen and oxygen atoms in total. The standard InChI is InChI=1S/C18H27N5O4/c1-2-27-17(25)13-23-11-9-22(10-12-23)8-7-16(24)20-15-5-3-14(4-6-15)18(19)21-26/h3-6,26H,2,7-13H2,1H3,(H2,19,21)(H,20,24). The van der Waals surface area contributed by atoms with Gasteiger partial charge in [-0.25, -0.2) is 0 Å². The van der Waals surface area contributed by atoms with Crippen LogP contribution in [0, 0.1) is 5.41 Å². The Hall–Kier alpha value is -2.49. The summed E-state index contributed by atoms with van der Waals surface area (Å²) in [4.78, 5) is 27.9. The van der Waals surface area contributed by atoms with E-state index >= 15 is 0 Å². The summed E-state index contributed by atoms with van der Waals surface area (Å²) >= 11 is 0. The molecule has 0 bridgehead atoms. The second-order valence-electron chi connectivity index (χ2n) is 6.29. The number of esters is 1. The zero-order valence-corrected chi connectivity index (χ0v) is 15.5. The molecule has 0 spiro atoms. The lowest BCUT2D eigenvalue weighted by atomic mass is 10.2. The Morgan fingerprint density at radius 3 is 2.37 bits per heavy atom. The second kappa shape index (κ2) is 10.6. The summed E-state index contributed by atoms with van der Waals surface area (Å²) in [5.74, 6) is -0.372. The SMILES string of the molecule is CCOC(=O)CN1CCN(CCC(=O)Nc2ccc(C(=N)NO)cc2)CC1. The topological polar surface area (TPSA) is 118 Å². The van der Waals surface area contributed by atoms with Gasteiger partial charge in [0.2, 0.25) is 5.91 Å². The third-order valence-electron chi connectivity index (χ3n) is 4.35. The van der Waals surface area contributed by atoms with Crippen LogP contribution in [0.2, 0.25) is 0 Å². The van der Waals surface area contributed by atoms with Gasteiger partial charge >= 0.3 is 5.97 Å². The number of carbonyl (C=O) groups is 2. The molecule has 0 aromatic heterocycles. The molecule has 1 aromatic rings. The average Bonchev–Trinajstić information content (AvgIpc) is 2.67. The third-order valence-corrected chi connectivity index (χ3v) is 4.35. The Morgan fingerprint density at radius 1 is 1.15 bits per heavy atom. The molecule has 1 heterocycles. The summed E-state index contributed by atoms with van der Waals surface area (Å²) in [5, 5.41) is 19.0. The van der Waals surface area contributed by atoms with E-state index in [-0.39, 0.29) is 17.7 Å². The molecule has 1 aromatic carbocycles. The summed E-state index contributed by atoms with van der Waals surface area (Å²) in [7, 11) is 0. The predicted molar refractivity (Wildman–Crippen MR) is 101 cm³/mol. The number of benzene rings is 1. The molecule has 0 atom stereocenters. The Labute approximate surface area is 158 Å². The van der Waals surface area contributed by atoms with Crippen molar-refractivity contribution in [1.82, 2.24) is 15.3 Å². The van der Waals surface area contributed by atoms with E-state index < -0.39 is 0 Å². The van der Waals surface area contributed by atoms with E-state index in [1.165, 1.54) is 0 Å². The number of amides is 1. The van der Waals surface area contributed by atoms with Crippen molar-refractivity contribution in [3.05, 3.63) is 29.8 Å². The molecule has 148 valence electrons. The van der Waals surface area contributed by atoms with Crippen LogP contribution in [0.1, 0.15) is 18.9 Å². The van der Waals surface area contributed by atoms with Crippen molar-refractivity contribution in [3.8, 4) is 0 Å². The molecule has 0 aliphatic carbocycles. The normalized spacial score (nSPS) is 15.2. The monoisotopic (exact) mass is 377 g/mol. The fourth-order valence-electron chi connectivity index (χ4n) is 2.83. The van der Waals surface area contributed by atoms with Crippen LogP contribution in [0.25, 0.3) is 0 Å². The quantitative estimate of drug-likeness (QED) is 0.225. The maximum absolute atomic E-state index is 12.1. The number of piperazine rings is 1. The zero-order valence-electron chi connectivity index (χ0n) is 15.5. The number of carbonyl (C=O) groups excluding carboxylic acids is 2. The first-order chi connectivity index (χ1) is 13.0. The minimum atomic E-state index is -0.193. The molecule has 0 unspecified atom stereocenters. The van der Waals surface area contributed by atoms with Crippen LogP contribution in [0.15, 0.2) is 24.3 Å². The minimum Gasteiger partial charge on any atom is -0.465 e. The number of ether oxygens (including phenoxy) is 1. The van der Waals surface area contributed by atoms with Crippen LogP contribution in [-0.4, -0.2) is 78.6 Å². The first-order valence-electron chi connectivity index (χ1n) is 9.01. The van der Waals surface area contributed by atoms with E-state index in [2.05, 4.69) is 15.1 Å². The van der Waals surface area contributed by atoms with Gasteiger partial charge in [0.1, 0.15) is 5.84 Å². The van der Waals surface area contributed by atoms with Crippen LogP contribution >= 0.6 is 0 Å². The molecule has 27 heavy (non-hydrogen) atoms. The Morgan fingerprint density at radius 2 is 1.78 bits per heavy atom. The van der Waals surface area contributed by atoms with Crippen molar-refractivity contribution in [2.24, 2.45) is 0 Å². The van der Waals surface area contributed by atoms with Gasteiger partial charge in [0, 0.05) is 50.4 Å². The molecular weight excluding hydrogens is 350 g/mol. The third kappa shape index (κ3) is 6.97. The molecule has 1 aliphatic heterocycles. The average molecular weight is 377 g/mol. The van der Waals surface area contributed by atoms with Crippen molar-refractivity contribution in [2.75, 3.05) is 51.2 Å². The first-order valence-corrected chi connectivity index (χ1v) is 9.01. The van der Waals surface area contributed by atoms with E-state index in [1.807, 2.05) is 0 Å². The maximum atomic E-state index is 12.1. The summed E-state index contributed by atoms with van der Waals surface area (Å²) < 4.78 is 4.96. The van der Waals surface area contributed by atoms with E-state index in [0.29, 0.717) is 37.4 Å². The highest BCUT2D eigenvalue weighted by atomic mass is 16.5.